The van der Waals surface area contributed by atoms with Crippen LogP contribution < -0.4 is 10.0 Å². The maximum atomic E-state index is 12.1. The molecule has 0 bridgehead atoms. The van der Waals surface area contributed by atoms with Gasteiger partial charge in [0.05, 0.1) is 0 Å². The number of thiophene rings is 1. The van der Waals surface area contributed by atoms with E-state index in [9.17, 15) is 8.42 Å². The molecule has 0 amide bonds. The van der Waals surface area contributed by atoms with Crippen LogP contribution in [-0.2, 0) is 23.0 Å². The van der Waals surface area contributed by atoms with Gasteiger partial charge in [-0.25, -0.2) is 8.42 Å². The number of fused-ring (bicyclic) bond motifs is 1. The predicted molar refractivity (Wildman–Crippen MR) is 84.2 cm³/mol. The lowest BCUT2D eigenvalue weighted by molar-refractivity contribution is 0.603. The first-order valence-corrected chi connectivity index (χ1v) is 8.40. The lowest BCUT2D eigenvalue weighted by atomic mass is 10.0. The lowest BCUT2D eigenvalue weighted by Crippen LogP contribution is -2.23. The highest BCUT2D eigenvalue weighted by Crippen LogP contribution is 2.23. The Hall–Kier alpha value is -1.08. The second-order valence-electron chi connectivity index (χ2n) is 4.45. The monoisotopic (exact) mass is 330 g/mol. The van der Waals surface area contributed by atoms with Crippen LogP contribution in [0.3, 0.4) is 0 Å². The van der Waals surface area contributed by atoms with Crippen LogP contribution in [-0.4, -0.2) is 15.0 Å². The lowest BCUT2D eigenvalue weighted by Gasteiger charge is -2.18. The molecular formula is C13H15ClN2O2S2. The zero-order chi connectivity index (χ0) is 13.3. The predicted octanol–water partition coefficient (Wildman–Crippen LogP) is 2.62. The summed E-state index contributed by atoms with van der Waals surface area (Å²) in [6.45, 7) is 1.77. The third-order valence-electron chi connectivity index (χ3n) is 3.10. The van der Waals surface area contributed by atoms with E-state index in [-0.39, 0.29) is 12.4 Å². The van der Waals surface area contributed by atoms with Gasteiger partial charge in [0, 0.05) is 12.2 Å². The van der Waals surface area contributed by atoms with Crippen molar-refractivity contribution in [2.75, 3.05) is 11.3 Å². The largest absolute Gasteiger partial charge is 0.312 e. The van der Waals surface area contributed by atoms with Crippen molar-refractivity contribution in [1.29, 1.82) is 0 Å². The molecule has 3 rings (SSSR count). The van der Waals surface area contributed by atoms with E-state index in [1.165, 1.54) is 16.9 Å². The molecular weight excluding hydrogens is 316 g/mol. The van der Waals surface area contributed by atoms with Gasteiger partial charge in [0.25, 0.3) is 10.0 Å². The number of benzene rings is 1. The van der Waals surface area contributed by atoms with Crippen molar-refractivity contribution < 1.29 is 8.42 Å². The minimum Gasteiger partial charge on any atom is -0.312 e. The van der Waals surface area contributed by atoms with Gasteiger partial charge in [-0.2, -0.15) is 0 Å². The zero-order valence-electron chi connectivity index (χ0n) is 10.6. The second kappa shape index (κ2) is 6.13. The molecule has 2 heterocycles. The molecule has 1 aromatic heterocycles. The second-order valence-corrected chi connectivity index (χ2v) is 7.30. The Balaban J connectivity index is 0.00000147. The summed E-state index contributed by atoms with van der Waals surface area (Å²) in [6.07, 6.45) is 0.993. The average molecular weight is 331 g/mol. The molecule has 108 valence electrons. The van der Waals surface area contributed by atoms with Crippen LogP contribution in [0, 0.1) is 0 Å². The molecule has 2 aromatic rings. The molecule has 2 N–H and O–H groups in total. The highest BCUT2D eigenvalue weighted by molar-refractivity contribution is 7.94. The van der Waals surface area contributed by atoms with Gasteiger partial charge in [-0.3, -0.25) is 4.72 Å². The van der Waals surface area contributed by atoms with Crippen molar-refractivity contribution >= 4 is 39.5 Å². The van der Waals surface area contributed by atoms with Gasteiger partial charge in [0.15, 0.2) is 0 Å². The Morgan fingerprint density at radius 2 is 2.05 bits per heavy atom. The van der Waals surface area contributed by atoms with Gasteiger partial charge in [-0.1, -0.05) is 12.1 Å². The summed E-state index contributed by atoms with van der Waals surface area (Å²) in [7, 11) is -3.45. The van der Waals surface area contributed by atoms with E-state index in [4.69, 9.17) is 0 Å². The molecule has 0 spiro atoms. The van der Waals surface area contributed by atoms with Gasteiger partial charge >= 0.3 is 0 Å². The fourth-order valence-corrected chi connectivity index (χ4v) is 4.21. The van der Waals surface area contributed by atoms with Crippen molar-refractivity contribution in [2.24, 2.45) is 0 Å². The van der Waals surface area contributed by atoms with Crippen LogP contribution in [0.5, 0.6) is 0 Å². The Morgan fingerprint density at radius 3 is 2.80 bits per heavy atom. The molecule has 0 unspecified atom stereocenters. The molecule has 0 saturated carbocycles. The SMILES string of the molecule is Cl.O=S(=O)(Nc1ccc2c(c1)CNCC2)c1cccs1. The normalized spacial score (nSPS) is 14.2. The van der Waals surface area contributed by atoms with Crippen molar-refractivity contribution in [2.45, 2.75) is 17.2 Å². The fourth-order valence-electron chi connectivity index (χ4n) is 2.17. The number of hydrogen-bond acceptors (Lipinski definition) is 4. The Labute approximate surface area is 128 Å². The number of hydrogen-bond donors (Lipinski definition) is 2. The molecule has 0 radical (unpaired) electrons. The maximum Gasteiger partial charge on any atom is 0.271 e. The number of anilines is 1. The van der Waals surface area contributed by atoms with Crippen molar-refractivity contribution in [3.8, 4) is 0 Å². The maximum absolute atomic E-state index is 12.1. The minimum atomic E-state index is -3.45. The van der Waals surface area contributed by atoms with Gasteiger partial charge < -0.3 is 5.32 Å². The number of halogens is 1. The summed E-state index contributed by atoms with van der Waals surface area (Å²) in [6, 6.07) is 9.08. The Kier molecular flexibility index (Phi) is 4.70. The molecule has 1 aliphatic heterocycles. The van der Waals surface area contributed by atoms with E-state index in [1.807, 2.05) is 18.2 Å². The fraction of sp³-hybridized carbons (Fsp3) is 0.231. The molecule has 7 heteroatoms. The van der Waals surface area contributed by atoms with Gasteiger partial charge in [-0.15, -0.1) is 23.7 Å². The smallest absolute Gasteiger partial charge is 0.271 e. The van der Waals surface area contributed by atoms with Crippen LogP contribution in [0.15, 0.2) is 39.9 Å². The van der Waals surface area contributed by atoms with Gasteiger partial charge in [0.1, 0.15) is 4.21 Å². The summed E-state index contributed by atoms with van der Waals surface area (Å²) in [5.41, 5.74) is 3.08. The van der Waals surface area contributed by atoms with Crippen LogP contribution in [0.4, 0.5) is 5.69 Å². The molecule has 0 fully saturated rings. The van der Waals surface area contributed by atoms with E-state index in [2.05, 4.69) is 10.0 Å². The first kappa shape index (κ1) is 15.3. The Morgan fingerprint density at radius 1 is 1.20 bits per heavy atom. The number of nitrogens with one attached hydrogen (secondary N) is 2. The number of rotatable bonds is 3. The third kappa shape index (κ3) is 3.15. The zero-order valence-corrected chi connectivity index (χ0v) is 13.1. The minimum absolute atomic E-state index is 0. The molecule has 20 heavy (non-hydrogen) atoms. The number of sulfonamides is 1. The average Bonchev–Trinajstić information content (AvgIpc) is 2.93. The van der Waals surface area contributed by atoms with Crippen LogP contribution in [0.2, 0.25) is 0 Å². The van der Waals surface area contributed by atoms with Crippen LogP contribution >= 0.6 is 23.7 Å². The molecule has 0 saturated heterocycles. The van der Waals surface area contributed by atoms with E-state index < -0.39 is 10.0 Å². The molecule has 4 nitrogen and oxygen atoms in total. The van der Waals surface area contributed by atoms with Gasteiger partial charge in [0.2, 0.25) is 0 Å². The van der Waals surface area contributed by atoms with E-state index in [0.717, 1.165) is 25.1 Å². The molecule has 1 aromatic carbocycles. The third-order valence-corrected chi connectivity index (χ3v) is 5.88. The van der Waals surface area contributed by atoms with Crippen LogP contribution in [0.25, 0.3) is 0 Å². The topological polar surface area (TPSA) is 58.2 Å². The molecule has 0 aliphatic carbocycles. The molecule has 1 aliphatic rings. The first-order valence-electron chi connectivity index (χ1n) is 6.04. The molecule has 0 atom stereocenters. The summed E-state index contributed by atoms with van der Waals surface area (Å²) in [4.78, 5) is 0. The van der Waals surface area contributed by atoms with Gasteiger partial charge in [-0.05, 0) is 47.7 Å². The van der Waals surface area contributed by atoms with Crippen molar-refractivity contribution in [3.05, 3.63) is 46.8 Å². The quantitative estimate of drug-likeness (QED) is 0.909. The van der Waals surface area contributed by atoms with Crippen molar-refractivity contribution in [1.82, 2.24) is 5.32 Å². The summed E-state index contributed by atoms with van der Waals surface area (Å²) < 4.78 is 27.2. The highest BCUT2D eigenvalue weighted by Gasteiger charge is 2.16. The van der Waals surface area contributed by atoms with E-state index >= 15 is 0 Å². The van der Waals surface area contributed by atoms with Crippen molar-refractivity contribution in [3.63, 3.8) is 0 Å². The van der Waals surface area contributed by atoms with E-state index in [1.54, 1.807) is 17.5 Å². The highest BCUT2D eigenvalue weighted by atomic mass is 35.5. The standard InChI is InChI=1S/C13H14N2O2S2.ClH/c16-19(17,13-2-1-7-18-13)15-12-4-3-10-5-6-14-9-11(10)8-12;/h1-4,7-8,14-15H,5-6,9H2;1H. The summed E-state index contributed by atoms with van der Waals surface area (Å²) >= 11 is 1.22. The first-order chi connectivity index (χ1) is 9.15. The summed E-state index contributed by atoms with van der Waals surface area (Å²) in [5.74, 6) is 0. The van der Waals surface area contributed by atoms with E-state index in [0.29, 0.717) is 9.90 Å². The summed E-state index contributed by atoms with van der Waals surface area (Å²) in [5, 5.41) is 5.04. The Bertz CT molecular complexity index is 684. The van der Waals surface area contributed by atoms with Crippen LogP contribution in [0.1, 0.15) is 11.1 Å².